The Labute approximate surface area is 191 Å². The first-order valence-electron chi connectivity index (χ1n) is 10.8. The van der Waals surface area contributed by atoms with Gasteiger partial charge in [-0.05, 0) is 49.1 Å². The molecule has 0 unspecified atom stereocenters. The summed E-state index contributed by atoms with van der Waals surface area (Å²) >= 11 is 1.77. The largest absolute Gasteiger partial charge is 0.396 e. The fourth-order valence-electron chi connectivity index (χ4n) is 4.22. The van der Waals surface area contributed by atoms with Gasteiger partial charge in [0.05, 0.1) is 5.69 Å². The zero-order valence-corrected chi connectivity index (χ0v) is 18.7. The van der Waals surface area contributed by atoms with E-state index in [1.165, 1.54) is 35.9 Å². The maximum atomic E-state index is 11.3. The average Bonchev–Trinajstić information content (AvgIpc) is 3.51. The molecular weight excluding hydrogens is 422 g/mol. The van der Waals surface area contributed by atoms with Crippen LogP contribution in [0.2, 0.25) is 0 Å². The number of carbonyl (C=O) groups excluding carboxylic acids is 1. The van der Waals surface area contributed by atoms with Crippen LogP contribution in [0.15, 0.2) is 53.8 Å². The van der Waals surface area contributed by atoms with Gasteiger partial charge < -0.3 is 15.3 Å². The van der Waals surface area contributed by atoms with E-state index in [-0.39, 0.29) is 17.9 Å². The molecule has 1 saturated carbocycles. The second-order valence-electron chi connectivity index (χ2n) is 8.35. The van der Waals surface area contributed by atoms with Gasteiger partial charge in [-0.2, -0.15) is 0 Å². The number of anilines is 3. The molecule has 8 heteroatoms. The Balaban J connectivity index is 1.40. The minimum absolute atomic E-state index is 0.121. The highest BCUT2D eigenvalue weighted by Gasteiger charge is 2.52. The molecule has 164 valence electrons. The van der Waals surface area contributed by atoms with E-state index in [1.807, 2.05) is 6.07 Å². The number of benzene rings is 1. The Morgan fingerprint density at radius 1 is 1.19 bits per heavy atom. The van der Waals surface area contributed by atoms with Crippen molar-refractivity contribution in [3.05, 3.63) is 54.5 Å². The van der Waals surface area contributed by atoms with Gasteiger partial charge in [-0.15, -0.1) is 11.8 Å². The zero-order chi connectivity index (χ0) is 22.1. The van der Waals surface area contributed by atoms with E-state index in [2.05, 4.69) is 43.4 Å². The first-order valence-corrected chi connectivity index (χ1v) is 11.8. The van der Waals surface area contributed by atoms with Crippen LogP contribution in [0.4, 0.5) is 17.3 Å². The monoisotopic (exact) mass is 447 g/mol. The smallest absolute Gasteiger partial charge is 0.229 e. The van der Waals surface area contributed by atoms with Gasteiger partial charge in [0.25, 0.3) is 0 Å². The van der Waals surface area contributed by atoms with E-state index in [9.17, 15) is 4.79 Å². The molecule has 0 atom stereocenters. The summed E-state index contributed by atoms with van der Waals surface area (Å²) in [7, 11) is 0. The predicted octanol–water partition coefficient (Wildman–Crippen LogP) is 4.15. The molecular formula is C24H25N5O2S. The van der Waals surface area contributed by atoms with Crippen molar-refractivity contribution < 1.29 is 9.90 Å². The molecule has 1 spiro atoms. The highest BCUT2D eigenvalue weighted by Crippen LogP contribution is 2.58. The Morgan fingerprint density at radius 3 is 2.72 bits per heavy atom. The Morgan fingerprint density at radius 2 is 2.00 bits per heavy atom. The van der Waals surface area contributed by atoms with Crippen LogP contribution < -0.4 is 10.2 Å². The van der Waals surface area contributed by atoms with Gasteiger partial charge in [0.2, 0.25) is 11.9 Å². The molecule has 2 aromatic heterocycles. The van der Waals surface area contributed by atoms with Gasteiger partial charge in [-0.25, -0.2) is 9.97 Å². The summed E-state index contributed by atoms with van der Waals surface area (Å²) in [6, 6.07) is 10.3. The van der Waals surface area contributed by atoms with E-state index in [0.717, 1.165) is 24.3 Å². The third kappa shape index (κ3) is 4.08. The van der Waals surface area contributed by atoms with E-state index in [1.54, 1.807) is 36.4 Å². The topological polar surface area (TPSA) is 91.2 Å². The molecule has 32 heavy (non-hydrogen) atoms. The molecule has 0 radical (unpaired) electrons. The van der Waals surface area contributed by atoms with Crippen molar-refractivity contribution in [1.29, 1.82) is 0 Å². The van der Waals surface area contributed by atoms with E-state index in [4.69, 9.17) is 5.11 Å². The number of rotatable bonds is 7. The second-order valence-corrected chi connectivity index (χ2v) is 9.52. The Bertz CT molecular complexity index is 1150. The fourth-order valence-corrected chi connectivity index (χ4v) is 5.09. The van der Waals surface area contributed by atoms with E-state index in [0.29, 0.717) is 17.3 Å². The van der Waals surface area contributed by atoms with Gasteiger partial charge in [0.15, 0.2) is 0 Å². The van der Waals surface area contributed by atoms with Gasteiger partial charge in [-0.1, -0.05) is 6.07 Å². The van der Waals surface area contributed by atoms with Gasteiger partial charge >= 0.3 is 0 Å². The number of pyridine rings is 1. The number of hydrogen-bond donors (Lipinski definition) is 2. The number of aromatic nitrogens is 3. The van der Waals surface area contributed by atoms with Crippen LogP contribution in [-0.4, -0.2) is 44.9 Å². The second kappa shape index (κ2) is 8.52. The van der Waals surface area contributed by atoms with Crippen molar-refractivity contribution in [2.45, 2.75) is 36.5 Å². The lowest BCUT2D eigenvalue weighted by atomic mass is 9.99. The van der Waals surface area contributed by atoms with Crippen molar-refractivity contribution >= 4 is 35.0 Å². The summed E-state index contributed by atoms with van der Waals surface area (Å²) in [5.74, 6) is 1.47. The molecule has 0 saturated heterocycles. The molecule has 0 bridgehead atoms. The van der Waals surface area contributed by atoms with E-state index < -0.39 is 0 Å². The maximum Gasteiger partial charge on any atom is 0.229 e. The maximum absolute atomic E-state index is 11.3. The summed E-state index contributed by atoms with van der Waals surface area (Å²) in [6.07, 6.45) is 8.44. The summed E-state index contributed by atoms with van der Waals surface area (Å²) in [4.78, 5) is 28.5. The average molecular weight is 448 g/mol. The van der Waals surface area contributed by atoms with Crippen LogP contribution >= 0.6 is 11.8 Å². The molecule has 3 aromatic rings. The van der Waals surface area contributed by atoms with Gasteiger partial charge in [0, 0.05) is 71.7 Å². The lowest BCUT2D eigenvalue weighted by molar-refractivity contribution is -0.114. The third-order valence-corrected chi connectivity index (χ3v) is 7.05. The Hall–Kier alpha value is -2.97. The number of aliphatic hydroxyl groups is 1. The van der Waals surface area contributed by atoms with Crippen molar-refractivity contribution in [1.82, 2.24) is 15.0 Å². The highest BCUT2D eigenvalue weighted by atomic mass is 32.2. The standard InChI is InChI=1S/C24H25N5O2S/c1-16(31)28-18-5-8-25-21(11-18)17-13-26-23(27-14-17)29-15-24(6-7-24)20-4-3-19(12-22(20)29)32-10-2-9-30/h3-5,8,11-14,30H,2,6-7,9-10,15H2,1H3,(H,25,28,31). The van der Waals surface area contributed by atoms with Crippen molar-refractivity contribution in [2.75, 3.05) is 29.1 Å². The van der Waals surface area contributed by atoms with Crippen LogP contribution in [0.5, 0.6) is 0 Å². The quantitative estimate of drug-likeness (QED) is 0.415. The number of aliphatic hydroxyl groups excluding tert-OH is 1. The molecule has 2 N–H and O–H groups in total. The number of amides is 1. The SMILES string of the molecule is CC(=O)Nc1ccnc(-c2cnc(N3CC4(CC4)c4ccc(SCCCO)cc43)nc2)c1. The minimum Gasteiger partial charge on any atom is -0.396 e. The summed E-state index contributed by atoms with van der Waals surface area (Å²) < 4.78 is 0. The summed E-state index contributed by atoms with van der Waals surface area (Å²) in [5, 5.41) is 11.8. The lowest BCUT2D eigenvalue weighted by Gasteiger charge is -2.18. The molecule has 7 nitrogen and oxygen atoms in total. The van der Waals surface area contributed by atoms with E-state index >= 15 is 0 Å². The highest BCUT2D eigenvalue weighted by molar-refractivity contribution is 7.99. The zero-order valence-electron chi connectivity index (χ0n) is 17.9. The fraction of sp³-hybridized carbons (Fsp3) is 0.333. The number of carbonyl (C=O) groups is 1. The predicted molar refractivity (Wildman–Crippen MR) is 126 cm³/mol. The number of thioether (sulfide) groups is 1. The van der Waals surface area contributed by atoms with Crippen LogP contribution in [0.25, 0.3) is 11.3 Å². The lowest BCUT2D eigenvalue weighted by Crippen LogP contribution is -2.21. The minimum atomic E-state index is -0.121. The number of nitrogens with one attached hydrogen (secondary N) is 1. The molecule has 3 heterocycles. The van der Waals surface area contributed by atoms with Gasteiger partial charge in [0.1, 0.15) is 0 Å². The summed E-state index contributed by atoms with van der Waals surface area (Å²) in [5.41, 5.74) is 5.03. The van der Waals surface area contributed by atoms with Gasteiger partial charge in [-0.3, -0.25) is 9.78 Å². The first-order chi connectivity index (χ1) is 15.6. The van der Waals surface area contributed by atoms with Crippen molar-refractivity contribution in [3.63, 3.8) is 0 Å². The number of fused-ring (bicyclic) bond motifs is 2. The molecule has 5 rings (SSSR count). The molecule has 1 aromatic carbocycles. The summed E-state index contributed by atoms with van der Waals surface area (Å²) in [6.45, 7) is 2.60. The molecule has 1 amide bonds. The molecule has 1 aliphatic heterocycles. The van der Waals surface area contributed by atoms with Crippen LogP contribution in [0.3, 0.4) is 0 Å². The van der Waals surface area contributed by atoms with Crippen molar-refractivity contribution in [3.8, 4) is 11.3 Å². The van der Waals surface area contributed by atoms with Crippen LogP contribution in [-0.2, 0) is 10.2 Å². The first kappa shape index (κ1) is 20.9. The van der Waals surface area contributed by atoms with Crippen LogP contribution in [0.1, 0.15) is 31.7 Å². The third-order valence-electron chi connectivity index (χ3n) is 5.97. The number of hydrogen-bond acceptors (Lipinski definition) is 7. The molecule has 1 aliphatic carbocycles. The normalized spacial score (nSPS) is 15.6. The van der Waals surface area contributed by atoms with Crippen molar-refractivity contribution in [2.24, 2.45) is 0 Å². The molecule has 1 fully saturated rings. The van der Waals surface area contributed by atoms with Crippen LogP contribution in [0, 0.1) is 0 Å². The molecule has 2 aliphatic rings. The Kier molecular flexibility index (Phi) is 5.57. The number of nitrogens with zero attached hydrogens (tertiary/aromatic N) is 4.